The van der Waals surface area contributed by atoms with Crippen LogP contribution in [0.25, 0.3) is 10.9 Å². The maximum Gasteiger partial charge on any atom is 0.339 e. The number of nitrogens with zero attached hydrogens (tertiary/aromatic N) is 2. The molecule has 0 saturated heterocycles. The third-order valence-corrected chi connectivity index (χ3v) is 10.5. The number of anilines is 2. The molecule has 6 rings (SSSR count). The first-order chi connectivity index (χ1) is 28.0. The molecule has 0 atom stereocenters. The zero-order valence-electron chi connectivity index (χ0n) is 33.7. The Hall–Kier alpha value is -6.67. The number of carbonyl (C=O) groups excluding carboxylic acids is 2. The van der Waals surface area contributed by atoms with Crippen LogP contribution in [0.4, 0.5) is 15.8 Å². The minimum Gasteiger partial charge on any atom is -0.497 e. The van der Waals surface area contributed by atoms with Gasteiger partial charge in [-0.2, -0.15) is 8.42 Å². The molecule has 0 aliphatic heterocycles. The van der Waals surface area contributed by atoms with Crippen molar-refractivity contribution < 1.29 is 40.8 Å². The van der Waals surface area contributed by atoms with E-state index in [0.29, 0.717) is 17.1 Å². The lowest BCUT2D eigenvalue weighted by molar-refractivity contribution is 0.00693. The van der Waals surface area contributed by atoms with Crippen LogP contribution in [0, 0.1) is 12.7 Å². The highest BCUT2D eigenvalue weighted by Gasteiger charge is 2.32. The van der Waals surface area contributed by atoms with E-state index in [9.17, 15) is 18.0 Å². The summed E-state index contributed by atoms with van der Waals surface area (Å²) in [5, 5.41) is -0.180. The lowest BCUT2D eigenvalue weighted by atomic mass is 10.1. The number of H-pyrrole nitrogens is 1. The van der Waals surface area contributed by atoms with E-state index in [1.165, 1.54) is 61.6 Å². The van der Waals surface area contributed by atoms with Gasteiger partial charge in [-0.1, -0.05) is 48.0 Å². The summed E-state index contributed by atoms with van der Waals surface area (Å²) in [6.07, 6.45) is 0. The molecule has 0 spiro atoms. The van der Waals surface area contributed by atoms with Gasteiger partial charge in [0.15, 0.2) is 5.75 Å². The number of rotatable bonds is 13. The number of pyridine rings is 1. The van der Waals surface area contributed by atoms with Crippen molar-refractivity contribution in [2.45, 2.75) is 51.3 Å². The van der Waals surface area contributed by atoms with Crippen molar-refractivity contribution in [3.05, 3.63) is 153 Å². The maximum atomic E-state index is 15.8. The van der Waals surface area contributed by atoms with Crippen LogP contribution in [0.3, 0.4) is 0 Å². The Kier molecular flexibility index (Phi) is 12.1. The van der Waals surface area contributed by atoms with E-state index in [1.807, 2.05) is 30.3 Å². The van der Waals surface area contributed by atoms with Gasteiger partial charge in [-0.25, -0.2) is 9.18 Å². The smallest absolute Gasteiger partial charge is 0.339 e. The number of hydrogen-bond donors (Lipinski definition) is 1. The highest BCUT2D eigenvalue weighted by molar-refractivity contribution is 7.87. The van der Waals surface area contributed by atoms with E-state index in [4.69, 9.17) is 18.4 Å². The molecule has 14 heteroatoms. The van der Waals surface area contributed by atoms with Crippen molar-refractivity contribution in [2.75, 3.05) is 31.1 Å². The summed E-state index contributed by atoms with van der Waals surface area (Å²) < 4.78 is 66.2. The molecule has 5 aromatic carbocycles. The molecule has 1 heterocycles. The van der Waals surface area contributed by atoms with Crippen molar-refractivity contribution >= 4 is 44.3 Å². The number of hydrogen-bond acceptors (Lipinski definition) is 10. The lowest BCUT2D eigenvalue weighted by Crippen LogP contribution is -2.36. The van der Waals surface area contributed by atoms with E-state index in [-0.39, 0.29) is 45.8 Å². The van der Waals surface area contributed by atoms with Gasteiger partial charge in [0, 0.05) is 36.3 Å². The fourth-order valence-electron chi connectivity index (χ4n) is 6.39. The molecule has 0 aliphatic carbocycles. The monoisotopic (exact) mass is 821 g/mol. The van der Waals surface area contributed by atoms with E-state index < -0.39 is 50.3 Å². The number of fused-ring (bicyclic) bond motifs is 1. The average molecular weight is 822 g/mol. The number of aromatic nitrogens is 1. The Balaban J connectivity index is 1.57. The predicted molar refractivity (Wildman–Crippen MR) is 224 cm³/mol. The van der Waals surface area contributed by atoms with Crippen LogP contribution >= 0.6 is 0 Å². The van der Waals surface area contributed by atoms with Crippen molar-refractivity contribution in [2.24, 2.45) is 0 Å². The van der Waals surface area contributed by atoms with E-state index >= 15 is 9.18 Å². The number of methoxy groups -OCH3 is 2. The molecule has 12 nitrogen and oxygen atoms in total. The van der Waals surface area contributed by atoms with Crippen LogP contribution < -0.4 is 29.0 Å². The lowest BCUT2D eigenvalue weighted by Gasteiger charge is -2.26. The number of amides is 1. The first-order valence-electron chi connectivity index (χ1n) is 18.5. The zero-order valence-corrected chi connectivity index (χ0v) is 34.5. The summed E-state index contributed by atoms with van der Waals surface area (Å²) in [6, 6.07) is 28.2. The van der Waals surface area contributed by atoms with Crippen molar-refractivity contribution in [3.8, 4) is 17.2 Å². The topological polar surface area (TPSA) is 145 Å². The molecule has 6 aromatic rings. The largest absolute Gasteiger partial charge is 0.497 e. The number of nitrogens with one attached hydrogen (secondary N) is 1. The Morgan fingerprint density at radius 3 is 2.14 bits per heavy atom. The number of halogens is 1. The highest BCUT2D eigenvalue weighted by Crippen LogP contribution is 2.37. The van der Waals surface area contributed by atoms with E-state index in [2.05, 4.69) is 4.98 Å². The third-order valence-electron chi connectivity index (χ3n) is 9.29. The van der Waals surface area contributed by atoms with E-state index in [0.717, 1.165) is 17.2 Å². The van der Waals surface area contributed by atoms with Crippen LogP contribution in [0.15, 0.2) is 119 Å². The van der Waals surface area contributed by atoms with Crippen LogP contribution in [-0.2, 0) is 27.9 Å². The summed E-state index contributed by atoms with van der Waals surface area (Å²) in [6.45, 7) is 7.04. The molecule has 1 amide bonds. The molecule has 306 valence electrons. The Morgan fingerprint density at radius 2 is 1.51 bits per heavy atom. The minimum atomic E-state index is -4.73. The molecule has 1 N–H and O–H groups in total. The number of carbonyl (C=O) groups is 2. The summed E-state index contributed by atoms with van der Waals surface area (Å²) in [7, 11) is -0.114. The van der Waals surface area contributed by atoms with Gasteiger partial charge in [0.2, 0.25) is 0 Å². The van der Waals surface area contributed by atoms with Crippen molar-refractivity contribution in [1.29, 1.82) is 0 Å². The number of aromatic amines is 1. The Morgan fingerprint density at radius 1 is 0.831 bits per heavy atom. The fourth-order valence-corrected chi connectivity index (χ4v) is 7.34. The number of esters is 1. The average Bonchev–Trinajstić information content (AvgIpc) is 3.19. The molecular weight excluding hydrogens is 778 g/mol. The van der Waals surface area contributed by atoms with Gasteiger partial charge in [0.25, 0.3) is 11.5 Å². The quantitative estimate of drug-likeness (QED) is 0.0894. The van der Waals surface area contributed by atoms with Gasteiger partial charge in [0.1, 0.15) is 33.4 Å². The van der Waals surface area contributed by atoms with Gasteiger partial charge < -0.3 is 33.2 Å². The molecule has 59 heavy (non-hydrogen) atoms. The summed E-state index contributed by atoms with van der Waals surface area (Å²) >= 11 is 0. The van der Waals surface area contributed by atoms with Gasteiger partial charge in [-0.3, -0.25) is 9.59 Å². The normalized spacial score (nSPS) is 11.5. The Bertz CT molecular complexity index is 2680. The Labute approximate surface area is 341 Å². The predicted octanol–water partition coefficient (Wildman–Crippen LogP) is 8.20. The summed E-state index contributed by atoms with van der Waals surface area (Å²) in [5.41, 5.74) is 0.256. The zero-order chi connectivity index (χ0) is 42.6. The molecule has 0 saturated carbocycles. The van der Waals surface area contributed by atoms with Gasteiger partial charge in [0.05, 0.1) is 37.5 Å². The molecule has 0 bridgehead atoms. The molecule has 0 radical (unpaired) electrons. The summed E-state index contributed by atoms with van der Waals surface area (Å²) in [5.74, 6) is -2.26. The van der Waals surface area contributed by atoms with Crippen LogP contribution in [0.1, 0.15) is 58.2 Å². The minimum absolute atomic E-state index is 0.0329. The van der Waals surface area contributed by atoms with Crippen LogP contribution in [0.5, 0.6) is 17.2 Å². The molecular formula is C45H44FN3O9S. The van der Waals surface area contributed by atoms with E-state index in [1.54, 1.807) is 70.0 Å². The molecule has 0 aliphatic rings. The fraction of sp³-hybridized carbons (Fsp3) is 0.222. The second-order valence-corrected chi connectivity index (χ2v) is 16.4. The molecule has 0 unspecified atom stereocenters. The highest BCUT2D eigenvalue weighted by atomic mass is 32.2. The van der Waals surface area contributed by atoms with Crippen LogP contribution in [0.2, 0.25) is 0 Å². The molecule has 1 aromatic heterocycles. The van der Waals surface area contributed by atoms with Gasteiger partial charge >= 0.3 is 16.1 Å². The van der Waals surface area contributed by atoms with Crippen molar-refractivity contribution in [1.82, 2.24) is 4.98 Å². The first-order valence-corrected chi connectivity index (χ1v) is 19.9. The number of benzene rings is 5. The maximum absolute atomic E-state index is 15.8. The molecule has 0 fully saturated rings. The SMILES string of the molecule is COc1ccc(CN(C(=O)c2c(OS(=O)(=O)c3ccc(C)cc3)c3cc(F)cc(N(C)Cc4ccccc4)c3[nH]c2=O)c2ccc(C(=O)OC(C)(C)C)cc2)c(OC)c1. The van der Waals surface area contributed by atoms with Gasteiger partial charge in [-0.15, -0.1) is 0 Å². The second kappa shape index (κ2) is 17.0. The second-order valence-electron chi connectivity index (χ2n) is 14.8. The number of aryl methyl sites for hydroxylation is 1. The standard InChI is InChI=1S/C45H44FN3O9S/c1-28-13-21-35(22-14-28)59(53,54)58-41-36-23-32(46)24-37(48(5)26-29-11-9-8-10-12-29)40(36)47-42(50)39(41)43(51)49(27-31-17-20-34(55-6)25-38(31)56-7)33-18-15-30(16-19-33)44(52)57-45(2,3)4/h8-25H,26-27H2,1-7H3,(H,47,50). The summed E-state index contributed by atoms with van der Waals surface area (Å²) in [4.78, 5) is 47.9. The number of ether oxygens (including phenoxy) is 3. The third kappa shape index (κ3) is 9.56. The first kappa shape index (κ1) is 41.9. The van der Waals surface area contributed by atoms with Gasteiger partial charge in [-0.05, 0) is 93.9 Å². The van der Waals surface area contributed by atoms with Crippen LogP contribution in [-0.4, -0.2) is 52.1 Å². The van der Waals surface area contributed by atoms with Crippen molar-refractivity contribution in [3.63, 3.8) is 0 Å².